The molecule has 0 bridgehead atoms. The zero-order valence-electron chi connectivity index (χ0n) is 21.4. The first kappa shape index (κ1) is 28.7. The van der Waals surface area contributed by atoms with Crippen molar-refractivity contribution in [1.29, 1.82) is 0 Å². The van der Waals surface area contributed by atoms with Crippen LogP contribution in [0.2, 0.25) is 5.15 Å². The van der Waals surface area contributed by atoms with E-state index in [2.05, 4.69) is 73.4 Å². The summed E-state index contributed by atoms with van der Waals surface area (Å²) in [5.74, 6) is 0.966. The monoisotopic (exact) mass is 494 g/mol. The van der Waals surface area contributed by atoms with E-state index in [0.717, 1.165) is 52.6 Å². The summed E-state index contributed by atoms with van der Waals surface area (Å²) in [7, 11) is 0. The van der Waals surface area contributed by atoms with E-state index in [1.165, 1.54) is 5.56 Å². The number of amidine groups is 1. The van der Waals surface area contributed by atoms with Gasteiger partial charge >= 0.3 is 29.6 Å². The number of hydrogen-bond acceptors (Lipinski definition) is 4. The van der Waals surface area contributed by atoms with Crippen molar-refractivity contribution in [3.8, 4) is 0 Å². The molecule has 0 saturated heterocycles. The molecule has 6 heteroatoms. The van der Waals surface area contributed by atoms with Crippen molar-refractivity contribution >= 4 is 40.6 Å². The van der Waals surface area contributed by atoms with Crippen molar-refractivity contribution in [2.24, 2.45) is 4.99 Å². The molecule has 1 N–H and O–H groups in total. The quantitative estimate of drug-likeness (QED) is 0.296. The van der Waals surface area contributed by atoms with Gasteiger partial charge in [-0.05, 0) is 49.7 Å². The summed E-state index contributed by atoms with van der Waals surface area (Å²) >= 11 is 5.97. The molecule has 0 unspecified atom stereocenters. The van der Waals surface area contributed by atoms with E-state index in [0.29, 0.717) is 10.8 Å². The maximum atomic E-state index is 5.97. The number of pyridine rings is 1. The van der Waals surface area contributed by atoms with E-state index in [1.807, 2.05) is 37.7 Å². The van der Waals surface area contributed by atoms with Crippen LogP contribution >= 0.6 is 11.6 Å². The molecule has 4 rings (SSSR count). The van der Waals surface area contributed by atoms with Gasteiger partial charge in [0.05, 0.1) is 17.2 Å². The third kappa shape index (κ3) is 7.49. The summed E-state index contributed by atoms with van der Waals surface area (Å²) in [6.07, 6.45) is 2.72. The summed E-state index contributed by atoms with van der Waals surface area (Å²) in [6.45, 7) is 19.3. The van der Waals surface area contributed by atoms with E-state index in [4.69, 9.17) is 16.6 Å². The van der Waals surface area contributed by atoms with E-state index in [-0.39, 0.29) is 29.6 Å². The van der Waals surface area contributed by atoms with Gasteiger partial charge in [-0.1, -0.05) is 87.1 Å². The van der Waals surface area contributed by atoms with Crippen LogP contribution in [0.3, 0.4) is 0 Å². The molecule has 0 atom stereocenters. The van der Waals surface area contributed by atoms with Crippen LogP contribution in [-0.2, 0) is 0 Å². The standard InChI is InChI=1S/C22H24ClN4.C7H8.Na/c1-6-10-27-15(4)18-12-14(3)11-17(22(18)25-16(27)5)13-24-20-8-9-21(23)26-19(20)7-2;1-7-5-3-2-4-6-7;/h7-9,11-13,24H,2,4,6,10H2,1,3,5H3;2-6H,1H3;/q-1;;+1. The van der Waals surface area contributed by atoms with E-state index in [9.17, 15) is 0 Å². The Hall–Kier alpha value is -2.50. The molecule has 1 aliphatic rings. The van der Waals surface area contributed by atoms with Crippen molar-refractivity contribution in [1.82, 2.24) is 9.88 Å². The largest absolute Gasteiger partial charge is 1.00 e. The average molecular weight is 495 g/mol. The first-order valence-corrected chi connectivity index (χ1v) is 11.8. The number of anilines is 1. The van der Waals surface area contributed by atoms with Crippen molar-refractivity contribution in [2.45, 2.75) is 34.1 Å². The number of hydrogen-bond donors (Lipinski definition) is 1. The number of fused-ring (bicyclic) bond motifs is 1. The Kier molecular flexibility index (Phi) is 11.1. The molecule has 0 amide bonds. The van der Waals surface area contributed by atoms with Crippen molar-refractivity contribution in [3.63, 3.8) is 0 Å². The van der Waals surface area contributed by atoms with Gasteiger partial charge in [0.1, 0.15) is 5.15 Å². The minimum absolute atomic E-state index is 0. The van der Waals surface area contributed by atoms with Crippen LogP contribution < -0.4 is 34.9 Å². The van der Waals surface area contributed by atoms with Gasteiger partial charge in [0, 0.05) is 12.2 Å². The first-order chi connectivity index (χ1) is 16.3. The predicted molar refractivity (Wildman–Crippen MR) is 148 cm³/mol. The second-order valence-corrected chi connectivity index (χ2v) is 8.61. The Morgan fingerprint density at radius 2 is 1.77 bits per heavy atom. The van der Waals surface area contributed by atoms with Gasteiger partial charge in [-0.2, -0.15) is 6.07 Å². The number of aromatic nitrogens is 1. The van der Waals surface area contributed by atoms with Gasteiger partial charge in [-0.15, -0.1) is 11.1 Å². The zero-order valence-corrected chi connectivity index (χ0v) is 24.2. The number of benzene rings is 2. The number of aliphatic imine (C=N–C) groups is 1. The molecule has 176 valence electrons. The number of nitrogens with one attached hydrogen (secondary N) is 1. The molecule has 0 fully saturated rings. The predicted octanol–water partition coefficient (Wildman–Crippen LogP) is 5.05. The second kappa shape index (κ2) is 13.6. The Bertz CT molecular complexity index is 1200. The summed E-state index contributed by atoms with van der Waals surface area (Å²) in [4.78, 5) is 11.3. The fourth-order valence-corrected chi connectivity index (χ4v) is 3.92. The Labute approximate surface area is 237 Å². The Morgan fingerprint density at radius 3 is 2.37 bits per heavy atom. The van der Waals surface area contributed by atoms with Gasteiger partial charge in [-0.25, -0.2) is 4.98 Å². The third-order valence-electron chi connectivity index (χ3n) is 5.44. The van der Waals surface area contributed by atoms with Crippen LogP contribution in [0.1, 0.15) is 48.2 Å². The van der Waals surface area contributed by atoms with Crippen molar-refractivity contribution in [2.75, 3.05) is 11.9 Å². The molecule has 0 saturated carbocycles. The Morgan fingerprint density at radius 1 is 1.06 bits per heavy atom. The van der Waals surface area contributed by atoms with Crippen molar-refractivity contribution in [3.05, 3.63) is 107 Å². The fourth-order valence-electron chi connectivity index (χ4n) is 3.76. The minimum atomic E-state index is 0. The fraction of sp³-hybridized carbons (Fsp3) is 0.207. The number of rotatable bonds is 6. The number of nitrogens with zero attached hydrogens (tertiary/aromatic N) is 3. The molecule has 3 aromatic rings. The van der Waals surface area contributed by atoms with E-state index >= 15 is 0 Å². The molecule has 1 aliphatic heterocycles. The third-order valence-corrected chi connectivity index (χ3v) is 5.65. The summed E-state index contributed by atoms with van der Waals surface area (Å²) in [5.41, 5.74) is 8.04. The zero-order chi connectivity index (χ0) is 24.7. The van der Waals surface area contributed by atoms with Crippen LogP contribution in [0, 0.1) is 20.4 Å². The van der Waals surface area contributed by atoms with Gasteiger partial charge in [0.25, 0.3) is 0 Å². The molecule has 4 nitrogen and oxygen atoms in total. The second-order valence-electron chi connectivity index (χ2n) is 8.22. The van der Waals surface area contributed by atoms with E-state index < -0.39 is 0 Å². The average Bonchev–Trinajstić information content (AvgIpc) is 2.82. The molecule has 0 spiro atoms. The SMILES string of the molecule is C=Cc1nc(Cl)ccc1N[CH-]c1cc(C)cc2c1N=C(C)N(CCC)C2=C.Cc1ccccc1.[Na+]. The van der Waals surface area contributed by atoms with Gasteiger partial charge in [-0.3, -0.25) is 0 Å². The summed E-state index contributed by atoms with van der Waals surface area (Å²) in [5, 5.41) is 3.76. The van der Waals surface area contributed by atoms with Gasteiger partial charge < -0.3 is 15.2 Å². The number of aryl methyl sites for hydroxylation is 2. The Balaban J connectivity index is 0.000000465. The molecular weight excluding hydrogens is 463 g/mol. The van der Waals surface area contributed by atoms with Crippen LogP contribution in [0.5, 0.6) is 0 Å². The van der Waals surface area contributed by atoms with Crippen LogP contribution in [0.15, 0.2) is 72.7 Å². The maximum Gasteiger partial charge on any atom is 1.00 e. The van der Waals surface area contributed by atoms with Gasteiger partial charge in [0.2, 0.25) is 0 Å². The summed E-state index contributed by atoms with van der Waals surface area (Å²) < 4.78 is 0. The first-order valence-electron chi connectivity index (χ1n) is 11.4. The van der Waals surface area contributed by atoms with Crippen LogP contribution in [0.4, 0.5) is 11.4 Å². The molecule has 0 radical (unpaired) electrons. The number of halogens is 1. The van der Waals surface area contributed by atoms with Gasteiger partial charge in [0.15, 0.2) is 0 Å². The van der Waals surface area contributed by atoms with E-state index in [1.54, 1.807) is 12.1 Å². The molecule has 35 heavy (non-hydrogen) atoms. The normalized spacial score (nSPS) is 11.9. The topological polar surface area (TPSA) is 40.5 Å². The minimum Gasteiger partial charge on any atom is -0.412 e. The van der Waals surface area contributed by atoms with Crippen LogP contribution in [-0.4, -0.2) is 22.3 Å². The molecule has 2 heterocycles. The molecular formula is C29H32ClN4Na. The molecule has 0 aliphatic carbocycles. The smallest absolute Gasteiger partial charge is 0.412 e. The van der Waals surface area contributed by atoms with Crippen molar-refractivity contribution < 1.29 is 29.6 Å². The molecule has 1 aromatic heterocycles. The summed E-state index contributed by atoms with van der Waals surface area (Å²) in [6, 6.07) is 18.2. The van der Waals surface area contributed by atoms with Crippen LogP contribution in [0.25, 0.3) is 11.8 Å². The molecule has 2 aromatic carbocycles. The maximum absolute atomic E-state index is 5.97.